The average molecular weight is 172 g/mol. The van der Waals surface area contributed by atoms with Gasteiger partial charge in [-0.2, -0.15) is 0 Å². The Bertz CT molecular complexity index is 46.9. The first-order chi connectivity index (χ1) is 3.83. The Morgan fingerprint density at radius 3 is 0.900 bits per heavy atom. The molecule has 0 radical (unpaired) electrons. The van der Waals surface area contributed by atoms with Crippen molar-refractivity contribution in [2.75, 3.05) is 0 Å². The molecule has 2 N–H and O–H groups in total. The topological polar surface area (TPSA) is 125 Å². The second-order valence-corrected chi connectivity index (χ2v) is 0.167. The summed E-state index contributed by atoms with van der Waals surface area (Å²) in [5, 5.41) is 16.8. The van der Waals surface area contributed by atoms with E-state index in [2.05, 4.69) is 0 Å². The molecule has 0 aromatic rings. The molecule has 0 aliphatic rings. The Labute approximate surface area is 101 Å². The van der Waals surface area contributed by atoms with Gasteiger partial charge in [0.05, 0.1) is 0 Å². The van der Waals surface area contributed by atoms with Crippen LogP contribution in [0, 0.1) is 20.2 Å². The van der Waals surface area contributed by atoms with Crippen molar-refractivity contribution >= 4 is 65.9 Å². The monoisotopic (exact) mass is 172 g/mol. The summed E-state index contributed by atoms with van der Waals surface area (Å²) in [5.41, 5.74) is 0. The Morgan fingerprint density at radius 2 is 0.900 bits per heavy atom. The zero-order valence-electron chi connectivity index (χ0n) is 3.75. The molecule has 0 aliphatic heterocycles. The Morgan fingerprint density at radius 1 is 0.900 bits per heavy atom. The fourth-order valence-electron chi connectivity index (χ4n) is 0. The molecule has 0 aliphatic carbocycles. The predicted molar refractivity (Wildman–Crippen MR) is 36.8 cm³/mol. The molecular formula is CH6N2Na2O5. The first-order valence-corrected chi connectivity index (χ1v) is 1.11. The van der Waals surface area contributed by atoms with E-state index < -0.39 is 0 Å². The van der Waals surface area contributed by atoms with Crippen LogP contribution >= 0.6 is 0 Å². The zero-order valence-corrected chi connectivity index (χ0v) is 3.75. The number of nitrogens with one attached hydrogen (secondary N) is 2. The van der Waals surface area contributed by atoms with Crippen molar-refractivity contribution in [1.29, 1.82) is 0 Å². The average Bonchev–Trinajstić information content (AvgIpc) is 1.75. The van der Waals surface area contributed by atoms with Crippen LogP contribution in [0.15, 0.2) is 0 Å². The normalized spacial score (nSPS) is 2.80. The van der Waals surface area contributed by atoms with E-state index in [1.165, 1.54) is 0 Å². The minimum atomic E-state index is 0. The van der Waals surface area contributed by atoms with E-state index in [0.29, 0.717) is 0 Å². The standard InChI is InChI=1S/CH2O.2HNO2.2Na.2H/c1-2;2*2-1-3;;;;/h1H2;2*1H;;;;. The summed E-state index contributed by atoms with van der Waals surface area (Å²) in [4.78, 5) is 24.2. The zero-order chi connectivity index (χ0) is 7.41. The van der Waals surface area contributed by atoms with Gasteiger partial charge in [0.2, 0.25) is 0 Å². The van der Waals surface area contributed by atoms with Crippen molar-refractivity contribution in [2.24, 2.45) is 0 Å². The van der Waals surface area contributed by atoms with Crippen molar-refractivity contribution in [3.63, 3.8) is 0 Å². The molecule has 0 spiro atoms. The van der Waals surface area contributed by atoms with Crippen LogP contribution in [0.1, 0.15) is 0 Å². The number of rotatable bonds is 0. The molecule has 7 nitrogen and oxygen atoms in total. The third kappa shape index (κ3) is 2140. The van der Waals surface area contributed by atoms with Gasteiger partial charge in [0, 0.05) is 10.7 Å². The van der Waals surface area contributed by atoms with Crippen molar-refractivity contribution in [2.45, 2.75) is 0 Å². The summed E-state index contributed by atoms with van der Waals surface area (Å²) in [6.45, 7) is 2.00. The maximum absolute atomic E-state index is 8.12. The predicted octanol–water partition coefficient (Wildman–Crippen LogP) is -4.82. The Kier molecular flexibility index (Phi) is 349. The molecule has 9 heteroatoms. The second-order valence-electron chi connectivity index (χ2n) is 0.167. The van der Waals surface area contributed by atoms with E-state index in [9.17, 15) is 0 Å². The van der Waals surface area contributed by atoms with Crippen LogP contribution in [-0.2, 0) is 4.79 Å². The van der Waals surface area contributed by atoms with Gasteiger partial charge >= 0.3 is 59.1 Å². The van der Waals surface area contributed by atoms with E-state index in [4.69, 9.17) is 25.0 Å². The molecular weight excluding hydrogens is 166 g/mol. The van der Waals surface area contributed by atoms with Crippen molar-refractivity contribution in [3.8, 4) is 0 Å². The summed E-state index contributed by atoms with van der Waals surface area (Å²) in [6.07, 6.45) is 0. The van der Waals surface area contributed by atoms with Crippen LogP contribution in [0.3, 0.4) is 0 Å². The summed E-state index contributed by atoms with van der Waals surface area (Å²) in [6, 6.07) is 0. The molecule has 0 saturated heterocycles. The third-order valence-electron chi connectivity index (χ3n) is 0. The Hall–Kier alpha value is 0.470. The maximum atomic E-state index is 8.12. The van der Waals surface area contributed by atoms with Crippen molar-refractivity contribution < 1.29 is 15.5 Å². The molecule has 0 fully saturated rings. The van der Waals surface area contributed by atoms with Gasteiger partial charge in [0.15, 0.2) is 0 Å². The van der Waals surface area contributed by atoms with Crippen LogP contribution < -0.4 is 10.7 Å². The van der Waals surface area contributed by atoms with Crippen LogP contribution in [0.2, 0.25) is 0 Å². The van der Waals surface area contributed by atoms with E-state index in [-0.39, 0.29) is 69.8 Å². The first kappa shape index (κ1) is 31.4. The number of carbonyl (C=O) groups is 1. The molecule has 0 aromatic heterocycles. The molecule has 0 amide bonds. The fraction of sp³-hybridized carbons (Fsp3) is 0. The van der Waals surface area contributed by atoms with Crippen molar-refractivity contribution in [1.82, 2.24) is 0 Å². The molecule has 10 heavy (non-hydrogen) atoms. The van der Waals surface area contributed by atoms with E-state index in [1.807, 2.05) is 6.79 Å². The van der Waals surface area contributed by atoms with E-state index >= 15 is 0 Å². The van der Waals surface area contributed by atoms with Gasteiger partial charge in [0.1, 0.15) is 6.79 Å². The number of hydrogen-bond donors (Lipinski definition) is 2. The molecule has 0 rings (SSSR count). The van der Waals surface area contributed by atoms with E-state index in [1.54, 1.807) is 0 Å². The second kappa shape index (κ2) is 111. The van der Waals surface area contributed by atoms with Gasteiger partial charge in [-0.1, -0.05) is 0 Å². The van der Waals surface area contributed by atoms with Crippen LogP contribution in [-0.4, -0.2) is 65.9 Å². The van der Waals surface area contributed by atoms with Gasteiger partial charge in [-0.15, -0.1) is 0 Å². The van der Waals surface area contributed by atoms with Crippen LogP contribution in [0.25, 0.3) is 0 Å². The Balaban J connectivity index is -0.0000000116. The van der Waals surface area contributed by atoms with Crippen LogP contribution in [0.5, 0.6) is 0 Å². The minimum absolute atomic E-state index is 0. The molecule has 0 bridgehead atoms. The van der Waals surface area contributed by atoms with Crippen LogP contribution in [0.4, 0.5) is 0 Å². The van der Waals surface area contributed by atoms with Gasteiger partial charge in [-0.25, -0.2) is 0 Å². The van der Waals surface area contributed by atoms with E-state index in [0.717, 1.165) is 0 Å². The SMILES string of the molecule is C=O.O=[NH+][O-].O=[NH+][O-].[NaH].[NaH]. The summed E-state index contributed by atoms with van der Waals surface area (Å²) in [5.74, 6) is 0. The molecule has 0 saturated carbocycles. The summed E-state index contributed by atoms with van der Waals surface area (Å²) >= 11 is 0. The number of carbonyl (C=O) groups excluding carboxylic acids is 1. The third-order valence-corrected chi connectivity index (χ3v) is 0. The fourth-order valence-corrected chi connectivity index (χ4v) is 0. The molecule has 52 valence electrons. The van der Waals surface area contributed by atoms with Gasteiger partial charge < -0.3 is 4.79 Å². The molecule has 0 unspecified atom stereocenters. The molecule has 0 aromatic carbocycles. The molecule has 0 atom stereocenters. The van der Waals surface area contributed by atoms with Crippen molar-refractivity contribution in [3.05, 3.63) is 20.2 Å². The molecule has 0 heterocycles. The quantitative estimate of drug-likeness (QED) is 0.215. The van der Waals surface area contributed by atoms with Gasteiger partial charge in [-0.3, -0.25) is 20.2 Å². The summed E-state index contributed by atoms with van der Waals surface area (Å²) in [7, 11) is 0. The van der Waals surface area contributed by atoms with Gasteiger partial charge in [-0.05, 0) is 0 Å². The number of hydrogen-bond acceptors (Lipinski definition) is 5. The summed E-state index contributed by atoms with van der Waals surface area (Å²) < 4.78 is 0. The van der Waals surface area contributed by atoms with Gasteiger partial charge in [0.25, 0.3) is 0 Å². The first-order valence-electron chi connectivity index (χ1n) is 1.11.